The SMILES string of the molecule is Cc1cc(C(=O)OC(c2ccccc2)C(F)(F)C(=O)O)ccc1I. The topological polar surface area (TPSA) is 63.6 Å². The lowest BCUT2D eigenvalue weighted by Crippen LogP contribution is -2.38. The first-order chi connectivity index (χ1) is 11.2. The lowest BCUT2D eigenvalue weighted by molar-refractivity contribution is -0.183. The average molecular weight is 446 g/mol. The van der Waals surface area contributed by atoms with Gasteiger partial charge in [0.15, 0.2) is 0 Å². The number of benzene rings is 2. The second-order valence-electron chi connectivity index (χ2n) is 5.09. The van der Waals surface area contributed by atoms with Gasteiger partial charge in [-0.2, -0.15) is 8.78 Å². The van der Waals surface area contributed by atoms with Crippen molar-refractivity contribution < 1.29 is 28.2 Å². The summed E-state index contributed by atoms with van der Waals surface area (Å²) in [4.78, 5) is 23.1. The molecule has 1 N–H and O–H groups in total. The number of hydrogen-bond acceptors (Lipinski definition) is 3. The molecule has 0 amide bonds. The Morgan fingerprint density at radius 3 is 2.33 bits per heavy atom. The molecule has 1 unspecified atom stereocenters. The molecule has 2 rings (SSSR count). The van der Waals surface area contributed by atoms with Crippen LogP contribution in [0.1, 0.15) is 27.6 Å². The van der Waals surface area contributed by atoms with Crippen LogP contribution in [0, 0.1) is 10.5 Å². The van der Waals surface area contributed by atoms with E-state index in [1.165, 1.54) is 36.4 Å². The van der Waals surface area contributed by atoms with Gasteiger partial charge in [0.25, 0.3) is 0 Å². The third-order valence-corrected chi connectivity index (χ3v) is 4.55. The minimum atomic E-state index is -4.25. The Morgan fingerprint density at radius 2 is 1.79 bits per heavy atom. The summed E-state index contributed by atoms with van der Waals surface area (Å²) in [5.41, 5.74) is 0.766. The van der Waals surface area contributed by atoms with E-state index in [0.717, 1.165) is 9.13 Å². The largest absolute Gasteiger partial charge is 0.477 e. The second-order valence-corrected chi connectivity index (χ2v) is 6.25. The van der Waals surface area contributed by atoms with Gasteiger partial charge in [-0.1, -0.05) is 30.3 Å². The molecule has 0 saturated heterocycles. The zero-order valence-corrected chi connectivity index (χ0v) is 14.7. The number of hydrogen-bond donors (Lipinski definition) is 1. The summed E-state index contributed by atoms with van der Waals surface area (Å²) in [5.74, 6) is -7.62. The van der Waals surface area contributed by atoms with Crippen molar-refractivity contribution in [2.75, 3.05) is 0 Å². The van der Waals surface area contributed by atoms with Crippen LogP contribution in [0.25, 0.3) is 0 Å². The Hall–Kier alpha value is -2.03. The number of carbonyl (C=O) groups excluding carboxylic acids is 1. The maximum atomic E-state index is 14.0. The molecule has 24 heavy (non-hydrogen) atoms. The third kappa shape index (κ3) is 3.89. The van der Waals surface area contributed by atoms with E-state index in [1.54, 1.807) is 19.1 Å². The Kier molecular flexibility index (Phi) is 5.53. The Labute approximate surface area is 150 Å². The van der Waals surface area contributed by atoms with Gasteiger partial charge in [-0.3, -0.25) is 0 Å². The number of aliphatic carboxylic acids is 1. The number of alkyl halides is 2. The van der Waals surface area contributed by atoms with Gasteiger partial charge < -0.3 is 9.84 Å². The molecule has 7 heteroatoms. The van der Waals surface area contributed by atoms with Gasteiger partial charge in [0, 0.05) is 3.57 Å². The fraction of sp³-hybridized carbons (Fsp3) is 0.176. The van der Waals surface area contributed by atoms with E-state index in [0.29, 0.717) is 0 Å². The van der Waals surface area contributed by atoms with Crippen molar-refractivity contribution in [3.63, 3.8) is 0 Å². The standard InChI is InChI=1S/C17H13F2IO4/c1-10-9-12(7-8-13(10)20)15(21)24-14(17(18,19)16(22)23)11-5-3-2-4-6-11/h2-9,14H,1H3,(H,22,23). The van der Waals surface area contributed by atoms with E-state index in [4.69, 9.17) is 9.84 Å². The highest BCUT2D eigenvalue weighted by atomic mass is 127. The molecule has 0 aromatic heterocycles. The monoisotopic (exact) mass is 446 g/mol. The Morgan fingerprint density at radius 1 is 1.17 bits per heavy atom. The van der Waals surface area contributed by atoms with Gasteiger partial charge >= 0.3 is 17.9 Å². The molecule has 0 aliphatic rings. The maximum absolute atomic E-state index is 14.0. The summed E-state index contributed by atoms with van der Waals surface area (Å²) in [6.45, 7) is 1.76. The lowest BCUT2D eigenvalue weighted by Gasteiger charge is -2.24. The summed E-state index contributed by atoms with van der Waals surface area (Å²) in [6, 6.07) is 11.7. The molecule has 126 valence electrons. The number of rotatable bonds is 5. The van der Waals surface area contributed by atoms with Crippen LogP contribution in [0.4, 0.5) is 8.78 Å². The minimum Gasteiger partial charge on any atom is -0.477 e. The molecule has 0 heterocycles. The molecule has 0 bridgehead atoms. The van der Waals surface area contributed by atoms with Crippen LogP contribution >= 0.6 is 22.6 Å². The lowest BCUT2D eigenvalue weighted by atomic mass is 10.0. The van der Waals surface area contributed by atoms with E-state index in [-0.39, 0.29) is 11.1 Å². The van der Waals surface area contributed by atoms with Gasteiger partial charge in [-0.15, -0.1) is 0 Å². The van der Waals surface area contributed by atoms with E-state index in [1.807, 2.05) is 0 Å². The normalized spacial score (nSPS) is 12.5. The highest BCUT2D eigenvalue weighted by Gasteiger charge is 2.51. The predicted octanol–water partition coefficient (Wildman–Crippen LogP) is 4.22. The molecule has 1 atom stereocenters. The maximum Gasteiger partial charge on any atom is 0.382 e. The molecule has 0 fully saturated rings. The van der Waals surface area contributed by atoms with Crippen LogP contribution in [-0.2, 0) is 9.53 Å². The fourth-order valence-electron chi connectivity index (χ4n) is 2.04. The molecule has 0 spiro atoms. The number of halogens is 3. The Bertz CT molecular complexity index is 762. The van der Waals surface area contributed by atoms with Crippen LogP contribution in [0.15, 0.2) is 48.5 Å². The first-order valence-corrected chi connectivity index (χ1v) is 7.94. The Balaban J connectivity index is 2.36. The van der Waals surface area contributed by atoms with Crippen molar-refractivity contribution >= 4 is 34.5 Å². The number of carbonyl (C=O) groups is 2. The molecule has 0 aliphatic heterocycles. The summed E-state index contributed by atoms with van der Waals surface area (Å²) in [6.07, 6.45) is -2.22. The van der Waals surface area contributed by atoms with Gasteiger partial charge in [0.2, 0.25) is 6.10 Å². The smallest absolute Gasteiger partial charge is 0.382 e. The van der Waals surface area contributed by atoms with Crippen LogP contribution in [0.2, 0.25) is 0 Å². The second kappa shape index (κ2) is 7.25. The highest BCUT2D eigenvalue weighted by molar-refractivity contribution is 14.1. The molecule has 0 aliphatic carbocycles. The average Bonchev–Trinajstić information content (AvgIpc) is 2.55. The van der Waals surface area contributed by atoms with Crippen LogP contribution in [0.5, 0.6) is 0 Å². The predicted molar refractivity (Wildman–Crippen MR) is 91.1 cm³/mol. The van der Waals surface area contributed by atoms with Crippen LogP contribution in [0.3, 0.4) is 0 Å². The molecular weight excluding hydrogens is 433 g/mol. The van der Waals surface area contributed by atoms with Gasteiger partial charge in [-0.25, -0.2) is 9.59 Å². The minimum absolute atomic E-state index is 0.0787. The molecule has 2 aromatic rings. The van der Waals surface area contributed by atoms with Gasteiger partial charge in [-0.05, 0) is 58.8 Å². The highest BCUT2D eigenvalue weighted by Crippen LogP contribution is 2.35. The first kappa shape index (κ1) is 18.3. The number of carboxylic acid groups (broad SMARTS) is 1. The van der Waals surface area contributed by atoms with Gasteiger partial charge in [0.05, 0.1) is 5.56 Å². The van der Waals surface area contributed by atoms with Crippen molar-refractivity contribution in [1.29, 1.82) is 0 Å². The van der Waals surface area contributed by atoms with E-state index in [2.05, 4.69) is 22.6 Å². The molecule has 0 saturated carbocycles. The summed E-state index contributed by atoms with van der Waals surface area (Å²) >= 11 is 2.07. The van der Waals surface area contributed by atoms with Crippen LogP contribution < -0.4 is 0 Å². The van der Waals surface area contributed by atoms with Crippen molar-refractivity contribution in [1.82, 2.24) is 0 Å². The summed E-state index contributed by atoms with van der Waals surface area (Å²) in [5, 5.41) is 8.79. The quantitative estimate of drug-likeness (QED) is 0.552. The van der Waals surface area contributed by atoms with Crippen molar-refractivity contribution in [2.24, 2.45) is 0 Å². The van der Waals surface area contributed by atoms with E-state index < -0.39 is 24.0 Å². The molecular formula is C17H13F2IO4. The number of esters is 1. The summed E-state index contributed by atoms with van der Waals surface area (Å²) < 4.78 is 33.8. The number of ether oxygens (including phenoxy) is 1. The van der Waals surface area contributed by atoms with Crippen molar-refractivity contribution in [2.45, 2.75) is 19.0 Å². The van der Waals surface area contributed by atoms with Crippen molar-refractivity contribution in [3.8, 4) is 0 Å². The number of aryl methyl sites for hydroxylation is 1. The zero-order valence-electron chi connectivity index (χ0n) is 12.5. The number of carboxylic acids is 1. The molecule has 2 aromatic carbocycles. The molecule has 0 radical (unpaired) electrons. The summed E-state index contributed by atoms with van der Waals surface area (Å²) in [7, 11) is 0. The first-order valence-electron chi connectivity index (χ1n) is 6.86. The fourth-order valence-corrected chi connectivity index (χ4v) is 2.37. The third-order valence-electron chi connectivity index (χ3n) is 3.34. The van der Waals surface area contributed by atoms with E-state index in [9.17, 15) is 18.4 Å². The zero-order chi connectivity index (χ0) is 17.9. The van der Waals surface area contributed by atoms with Gasteiger partial charge in [0.1, 0.15) is 0 Å². The van der Waals surface area contributed by atoms with E-state index >= 15 is 0 Å². The van der Waals surface area contributed by atoms with Crippen molar-refractivity contribution in [3.05, 3.63) is 68.8 Å². The van der Waals surface area contributed by atoms with Crippen LogP contribution in [-0.4, -0.2) is 23.0 Å². The molecule has 4 nitrogen and oxygen atoms in total.